The van der Waals surface area contributed by atoms with Crippen LogP contribution in [-0.2, 0) is 4.79 Å². The lowest BCUT2D eigenvalue weighted by molar-refractivity contribution is -0.129. The quantitative estimate of drug-likeness (QED) is 0.708. The number of rotatable bonds is 4. The number of carboxylic acid groups (broad SMARTS) is 1. The predicted octanol–water partition coefficient (Wildman–Crippen LogP) is 0.995. The number of carbonyl (C=O) groups is 2. The molecule has 19 heavy (non-hydrogen) atoms. The molecule has 0 saturated heterocycles. The first-order valence-electron chi connectivity index (χ1n) is 5.54. The second-order valence-electron chi connectivity index (χ2n) is 4.32. The van der Waals surface area contributed by atoms with Gasteiger partial charge >= 0.3 is 5.97 Å². The Balaban J connectivity index is 3.05. The van der Waals surface area contributed by atoms with E-state index in [-0.39, 0.29) is 22.8 Å². The molecule has 0 aliphatic rings. The van der Waals surface area contributed by atoms with Crippen LogP contribution < -0.4 is 11.1 Å². The molecule has 4 N–H and O–H groups in total. The van der Waals surface area contributed by atoms with Gasteiger partial charge in [-0.25, -0.2) is 9.18 Å². The van der Waals surface area contributed by atoms with E-state index in [1.54, 1.807) is 21.0 Å². The topological polar surface area (TPSA) is 95.7 Å². The molecule has 0 fully saturated rings. The number of hydrogen-bond acceptors (Lipinski definition) is 4. The van der Waals surface area contributed by atoms with Crippen molar-refractivity contribution in [3.63, 3.8) is 0 Å². The monoisotopic (exact) mass is 269 g/mol. The van der Waals surface area contributed by atoms with Crippen LogP contribution in [0.5, 0.6) is 0 Å². The number of nitrogen functional groups attached to an aromatic ring is 1. The summed E-state index contributed by atoms with van der Waals surface area (Å²) in [6.07, 6.45) is 0. The molecule has 6 nitrogen and oxygen atoms in total. The summed E-state index contributed by atoms with van der Waals surface area (Å²) >= 11 is 0. The highest BCUT2D eigenvalue weighted by Gasteiger charge is 2.18. The number of hydrogen-bond donors (Lipinski definition) is 3. The van der Waals surface area contributed by atoms with Crippen molar-refractivity contribution in [3.8, 4) is 0 Å². The van der Waals surface area contributed by atoms with Crippen molar-refractivity contribution in [1.82, 2.24) is 4.90 Å². The van der Waals surface area contributed by atoms with E-state index in [0.717, 1.165) is 12.1 Å². The number of amides is 1. The van der Waals surface area contributed by atoms with Crippen molar-refractivity contribution in [3.05, 3.63) is 23.5 Å². The highest BCUT2D eigenvalue weighted by molar-refractivity contribution is 5.95. The fourth-order valence-electron chi connectivity index (χ4n) is 1.57. The van der Waals surface area contributed by atoms with E-state index in [2.05, 4.69) is 5.32 Å². The molecule has 0 aromatic heterocycles. The lowest BCUT2D eigenvalue weighted by Gasteiger charge is -2.19. The molecule has 1 amide bonds. The summed E-state index contributed by atoms with van der Waals surface area (Å²) in [6.45, 7) is 1.55. The Morgan fingerprint density at radius 3 is 2.47 bits per heavy atom. The van der Waals surface area contributed by atoms with E-state index in [1.807, 2.05) is 0 Å². The smallest absolute Gasteiger partial charge is 0.337 e. The molecule has 0 spiro atoms. The molecule has 0 bridgehead atoms. The number of likely N-dealkylation sites (N-methyl/N-ethyl adjacent to an activating group) is 1. The first-order valence-corrected chi connectivity index (χ1v) is 5.54. The van der Waals surface area contributed by atoms with E-state index in [9.17, 15) is 14.0 Å². The van der Waals surface area contributed by atoms with Gasteiger partial charge in [0.05, 0.1) is 11.3 Å². The van der Waals surface area contributed by atoms with Crippen molar-refractivity contribution >= 4 is 23.3 Å². The first kappa shape index (κ1) is 14.7. The fraction of sp³-hybridized carbons (Fsp3) is 0.333. The number of nitrogens with one attached hydrogen (secondary N) is 1. The third kappa shape index (κ3) is 3.34. The Morgan fingerprint density at radius 2 is 2.00 bits per heavy atom. The lowest BCUT2D eigenvalue weighted by atomic mass is 10.1. The Hall–Kier alpha value is -2.31. The van der Waals surface area contributed by atoms with E-state index in [4.69, 9.17) is 10.8 Å². The number of halogens is 1. The summed E-state index contributed by atoms with van der Waals surface area (Å²) in [7, 11) is 3.14. The summed E-state index contributed by atoms with van der Waals surface area (Å²) in [5.74, 6) is -2.22. The van der Waals surface area contributed by atoms with Crippen LogP contribution in [0.1, 0.15) is 17.3 Å². The second kappa shape index (κ2) is 5.55. The van der Waals surface area contributed by atoms with Gasteiger partial charge in [-0.05, 0) is 19.1 Å². The maximum absolute atomic E-state index is 13.7. The van der Waals surface area contributed by atoms with Crippen molar-refractivity contribution in [2.75, 3.05) is 25.1 Å². The standard InChI is InChI=1S/C12H16FN3O3/c1-6(11(17)16(2)3)15-10-4-7(12(18)19)9(14)5-8(10)13/h4-6,15H,14H2,1-3H3,(H,18,19). The van der Waals surface area contributed by atoms with Crippen molar-refractivity contribution in [2.45, 2.75) is 13.0 Å². The summed E-state index contributed by atoms with van der Waals surface area (Å²) < 4.78 is 13.7. The van der Waals surface area contributed by atoms with Crippen LogP contribution in [0.15, 0.2) is 12.1 Å². The van der Waals surface area contributed by atoms with Gasteiger partial charge in [0, 0.05) is 19.8 Å². The van der Waals surface area contributed by atoms with Gasteiger partial charge < -0.3 is 21.1 Å². The molecule has 7 heteroatoms. The van der Waals surface area contributed by atoms with Crippen molar-refractivity contribution in [2.24, 2.45) is 0 Å². The Bertz CT molecular complexity index is 517. The number of anilines is 2. The third-order valence-electron chi connectivity index (χ3n) is 2.55. The van der Waals surface area contributed by atoms with E-state index < -0.39 is 17.8 Å². The second-order valence-corrected chi connectivity index (χ2v) is 4.32. The van der Waals surface area contributed by atoms with Crippen LogP contribution in [0.3, 0.4) is 0 Å². The maximum atomic E-state index is 13.7. The van der Waals surface area contributed by atoms with Crippen LogP contribution in [0.2, 0.25) is 0 Å². The molecular formula is C12H16FN3O3. The first-order chi connectivity index (χ1) is 8.73. The molecule has 1 rings (SSSR count). The molecule has 0 saturated carbocycles. The summed E-state index contributed by atoms with van der Waals surface area (Å²) in [5, 5.41) is 11.5. The zero-order valence-corrected chi connectivity index (χ0v) is 10.9. The minimum absolute atomic E-state index is 0.0747. The Labute approximate surface area is 110 Å². The van der Waals surface area contributed by atoms with Crippen molar-refractivity contribution < 1.29 is 19.1 Å². The van der Waals surface area contributed by atoms with Crippen LogP contribution in [-0.4, -0.2) is 42.0 Å². The molecule has 1 atom stereocenters. The van der Waals surface area contributed by atoms with E-state index in [0.29, 0.717) is 0 Å². The van der Waals surface area contributed by atoms with Gasteiger partial charge in [0.1, 0.15) is 11.9 Å². The van der Waals surface area contributed by atoms with Gasteiger partial charge in [-0.15, -0.1) is 0 Å². The van der Waals surface area contributed by atoms with Gasteiger partial charge in [0.25, 0.3) is 0 Å². The number of nitrogens with zero attached hydrogens (tertiary/aromatic N) is 1. The molecule has 0 aliphatic carbocycles. The number of nitrogens with two attached hydrogens (primary N) is 1. The van der Waals surface area contributed by atoms with Crippen LogP contribution in [0, 0.1) is 5.82 Å². The number of benzene rings is 1. The van der Waals surface area contributed by atoms with Crippen molar-refractivity contribution in [1.29, 1.82) is 0 Å². The normalized spacial score (nSPS) is 11.8. The largest absolute Gasteiger partial charge is 0.478 e. The SMILES string of the molecule is CC(Nc1cc(C(=O)O)c(N)cc1F)C(=O)N(C)C. The highest BCUT2D eigenvalue weighted by atomic mass is 19.1. The van der Waals surface area contributed by atoms with Crippen LogP contribution in [0.25, 0.3) is 0 Å². The zero-order valence-electron chi connectivity index (χ0n) is 10.9. The molecule has 1 aromatic rings. The maximum Gasteiger partial charge on any atom is 0.337 e. The van der Waals surface area contributed by atoms with Gasteiger partial charge in [0.15, 0.2) is 0 Å². The number of carbonyl (C=O) groups excluding carboxylic acids is 1. The molecule has 0 aliphatic heterocycles. The van der Waals surface area contributed by atoms with Crippen LogP contribution in [0.4, 0.5) is 15.8 Å². The highest BCUT2D eigenvalue weighted by Crippen LogP contribution is 2.23. The lowest BCUT2D eigenvalue weighted by Crippen LogP contribution is -2.36. The van der Waals surface area contributed by atoms with Gasteiger partial charge in [0.2, 0.25) is 5.91 Å². The van der Waals surface area contributed by atoms with Gasteiger partial charge in [-0.3, -0.25) is 4.79 Å². The summed E-state index contributed by atoms with van der Waals surface area (Å²) in [4.78, 5) is 23.9. The number of aromatic carboxylic acids is 1. The third-order valence-corrected chi connectivity index (χ3v) is 2.55. The predicted molar refractivity (Wildman–Crippen MR) is 69.6 cm³/mol. The summed E-state index contributed by atoms with van der Waals surface area (Å²) in [6, 6.07) is 1.31. The zero-order chi connectivity index (χ0) is 14.7. The molecule has 1 aromatic carbocycles. The number of carboxylic acids is 1. The molecule has 0 heterocycles. The minimum atomic E-state index is -1.26. The summed E-state index contributed by atoms with van der Waals surface area (Å²) in [5.41, 5.74) is 4.95. The molecule has 104 valence electrons. The Kier molecular flexibility index (Phi) is 4.31. The minimum Gasteiger partial charge on any atom is -0.478 e. The molecule has 1 unspecified atom stereocenters. The van der Waals surface area contributed by atoms with E-state index >= 15 is 0 Å². The fourth-order valence-corrected chi connectivity index (χ4v) is 1.57. The van der Waals surface area contributed by atoms with Gasteiger partial charge in [-0.2, -0.15) is 0 Å². The molecule has 0 radical (unpaired) electrons. The van der Waals surface area contributed by atoms with Gasteiger partial charge in [-0.1, -0.05) is 0 Å². The average Bonchev–Trinajstić information content (AvgIpc) is 2.30. The van der Waals surface area contributed by atoms with Crippen LogP contribution >= 0.6 is 0 Å². The average molecular weight is 269 g/mol. The Morgan fingerprint density at radius 1 is 1.42 bits per heavy atom. The molecular weight excluding hydrogens is 253 g/mol. The van der Waals surface area contributed by atoms with E-state index in [1.165, 1.54) is 4.90 Å².